The van der Waals surface area contributed by atoms with Gasteiger partial charge in [0.15, 0.2) is 0 Å². The van der Waals surface area contributed by atoms with E-state index < -0.39 is 0 Å². The third-order valence-electron chi connectivity index (χ3n) is 7.99. The Morgan fingerprint density at radius 1 is 0.886 bits per heavy atom. The Morgan fingerprint density at radius 3 is 2.27 bits per heavy atom. The first kappa shape index (κ1) is 34.8. The monoisotopic (exact) mass is 619 g/mol. The molecule has 3 N–H and O–H groups in total. The van der Waals surface area contributed by atoms with Gasteiger partial charge < -0.3 is 15.6 Å². The van der Waals surface area contributed by atoms with Gasteiger partial charge in [-0.25, -0.2) is 4.98 Å². The second-order valence-corrected chi connectivity index (χ2v) is 12.6. The molecule has 9 heteroatoms. The number of unbranched alkanes of at least 4 members (excludes halogenated alkanes) is 4. The fraction of sp³-hybridized carbons (Fsp3) is 0.486. The molecule has 1 amide bonds. The van der Waals surface area contributed by atoms with Gasteiger partial charge in [-0.05, 0) is 72.8 Å². The minimum Gasteiger partial charge on any atom is -0.369 e. The molecule has 0 bridgehead atoms. The standard InChI is InChI=1S/C35H49N7O.ClH/c1-5-6-8-11-27-14-18-29(19-15-27)33(43)37-22-23-41-26-31(39-40-41)12-9-7-10-13-32-24-38-34(36)42(32)25-28-16-20-30(21-17-28)35(2,3)4;/h14-21,24,26H,5-13,22-23,25H2,1-4H3,(H2,36,38)(H,37,43);1H. The number of benzene rings is 2. The number of anilines is 1. The number of aromatic nitrogens is 5. The van der Waals surface area contributed by atoms with E-state index in [9.17, 15) is 4.79 Å². The number of rotatable bonds is 16. The minimum atomic E-state index is -0.0537. The van der Waals surface area contributed by atoms with Gasteiger partial charge in [-0.3, -0.25) is 9.48 Å². The molecule has 2 heterocycles. The highest BCUT2D eigenvalue weighted by atomic mass is 35.5. The van der Waals surface area contributed by atoms with Crippen molar-refractivity contribution >= 4 is 24.3 Å². The summed E-state index contributed by atoms with van der Waals surface area (Å²) in [7, 11) is 0. The molecule has 0 aliphatic heterocycles. The molecule has 44 heavy (non-hydrogen) atoms. The fourth-order valence-corrected chi connectivity index (χ4v) is 5.24. The van der Waals surface area contributed by atoms with Gasteiger partial charge in [0.05, 0.1) is 25.0 Å². The molecule has 8 nitrogen and oxygen atoms in total. The van der Waals surface area contributed by atoms with Crippen molar-refractivity contribution in [3.8, 4) is 0 Å². The number of amides is 1. The second kappa shape index (κ2) is 17.0. The molecule has 0 atom stereocenters. The maximum absolute atomic E-state index is 12.5. The summed E-state index contributed by atoms with van der Waals surface area (Å²) in [5.41, 5.74) is 13.1. The van der Waals surface area contributed by atoms with Crippen molar-refractivity contribution in [2.75, 3.05) is 12.3 Å². The number of imidazole rings is 1. The number of nitrogens with two attached hydrogens (primary N) is 1. The summed E-state index contributed by atoms with van der Waals surface area (Å²) < 4.78 is 3.93. The van der Waals surface area contributed by atoms with Crippen LogP contribution in [0.5, 0.6) is 0 Å². The molecular weight excluding hydrogens is 570 g/mol. The van der Waals surface area contributed by atoms with Gasteiger partial charge >= 0.3 is 0 Å². The highest BCUT2D eigenvalue weighted by Gasteiger charge is 2.14. The van der Waals surface area contributed by atoms with Gasteiger partial charge in [0, 0.05) is 24.0 Å². The van der Waals surface area contributed by atoms with E-state index in [0.29, 0.717) is 24.6 Å². The number of carbonyl (C=O) groups is 1. The Hall–Kier alpha value is -3.65. The quantitative estimate of drug-likeness (QED) is 0.132. The predicted octanol–water partition coefficient (Wildman–Crippen LogP) is 6.94. The van der Waals surface area contributed by atoms with Crippen molar-refractivity contribution in [3.05, 3.63) is 94.6 Å². The first-order valence-electron chi connectivity index (χ1n) is 15.9. The normalized spacial score (nSPS) is 11.4. The van der Waals surface area contributed by atoms with Crippen LogP contribution in [0.25, 0.3) is 0 Å². The predicted molar refractivity (Wildman–Crippen MR) is 181 cm³/mol. The van der Waals surface area contributed by atoms with Crippen molar-refractivity contribution in [3.63, 3.8) is 0 Å². The van der Waals surface area contributed by atoms with Crippen molar-refractivity contribution in [2.24, 2.45) is 0 Å². The lowest BCUT2D eigenvalue weighted by Gasteiger charge is -2.19. The second-order valence-electron chi connectivity index (χ2n) is 12.6. The molecule has 0 spiro atoms. The van der Waals surface area contributed by atoms with Gasteiger partial charge in [0.1, 0.15) is 0 Å². The lowest BCUT2D eigenvalue weighted by molar-refractivity contribution is 0.0952. The zero-order chi connectivity index (χ0) is 30.7. The molecule has 0 saturated carbocycles. The van der Waals surface area contributed by atoms with Crippen LogP contribution in [0.2, 0.25) is 0 Å². The van der Waals surface area contributed by atoms with Crippen LogP contribution in [-0.2, 0) is 37.8 Å². The summed E-state index contributed by atoms with van der Waals surface area (Å²) in [6.07, 6.45) is 13.6. The Labute approximate surface area is 269 Å². The number of nitrogens with zero attached hydrogens (tertiary/aromatic N) is 5. The van der Waals surface area contributed by atoms with Gasteiger partial charge in [-0.2, -0.15) is 0 Å². The van der Waals surface area contributed by atoms with Crippen molar-refractivity contribution < 1.29 is 4.79 Å². The average molecular weight is 620 g/mol. The highest BCUT2D eigenvalue weighted by molar-refractivity contribution is 5.94. The molecule has 2 aromatic heterocycles. The maximum Gasteiger partial charge on any atom is 0.251 e. The molecular formula is C35H50ClN7O. The number of halogens is 1. The van der Waals surface area contributed by atoms with Crippen LogP contribution in [0.1, 0.15) is 105 Å². The van der Waals surface area contributed by atoms with Gasteiger partial charge in [0.2, 0.25) is 5.95 Å². The molecule has 4 aromatic rings. The lowest BCUT2D eigenvalue weighted by atomic mass is 9.87. The Kier molecular flexibility index (Phi) is 13.5. The SMILES string of the molecule is CCCCCc1ccc(C(=O)NCCn2cc(CCCCCc3cnc(N)n3Cc3ccc(C(C)(C)C)cc3)nn2)cc1.Cl. The van der Waals surface area contributed by atoms with E-state index >= 15 is 0 Å². The van der Waals surface area contributed by atoms with Gasteiger partial charge in [-0.1, -0.05) is 88.6 Å². The summed E-state index contributed by atoms with van der Waals surface area (Å²) in [6.45, 7) is 10.7. The largest absolute Gasteiger partial charge is 0.369 e. The molecule has 0 fully saturated rings. The molecule has 0 saturated heterocycles. The van der Waals surface area contributed by atoms with Crippen LogP contribution >= 0.6 is 12.4 Å². The van der Waals surface area contributed by atoms with Crippen molar-refractivity contribution in [1.29, 1.82) is 0 Å². The number of nitrogens with one attached hydrogen (secondary N) is 1. The van der Waals surface area contributed by atoms with Crippen LogP contribution < -0.4 is 11.1 Å². The number of nitrogen functional groups attached to an aromatic ring is 1. The highest BCUT2D eigenvalue weighted by Crippen LogP contribution is 2.23. The van der Waals surface area contributed by atoms with E-state index in [1.807, 2.05) is 29.2 Å². The molecule has 2 aromatic carbocycles. The van der Waals surface area contributed by atoms with Crippen LogP contribution in [0.4, 0.5) is 5.95 Å². The van der Waals surface area contributed by atoms with Crippen molar-refractivity contribution in [1.82, 2.24) is 29.9 Å². The molecule has 0 unspecified atom stereocenters. The third kappa shape index (κ3) is 10.5. The zero-order valence-corrected chi connectivity index (χ0v) is 27.7. The number of hydrogen-bond donors (Lipinski definition) is 2. The Morgan fingerprint density at radius 2 is 1.57 bits per heavy atom. The summed E-state index contributed by atoms with van der Waals surface area (Å²) in [4.78, 5) is 16.9. The van der Waals surface area contributed by atoms with E-state index in [1.165, 1.54) is 41.6 Å². The number of aryl methyl sites for hydroxylation is 3. The number of hydrogen-bond acceptors (Lipinski definition) is 5. The summed E-state index contributed by atoms with van der Waals surface area (Å²) in [6, 6.07) is 16.8. The third-order valence-corrected chi connectivity index (χ3v) is 7.99. The van der Waals surface area contributed by atoms with Crippen LogP contribution in [0.3, 0.4) is 0 Å². The smallest absolute Gasteiger partial charge is 0.251 e. The van der Waals surface area contributed by atoms with E-state index in [-0.39, 0.29) is 23.7 Å². The van der Waals surface area contributed by atoms with E-state index in [0.717, 1.165) is 50.8 Å². The fourth-order valence-electron chi connectivity index (χ4n) is 5.24. The topological polar surface area (TPSA) is 104 Å². The minimum absolute atomic E-state index is 0. The Balaban J connectivity index is 0.00000529. The van der Waals surface area contributed by atoms with Crippen LogP contribution in [0, 0.1) is 0 Å². The molecule has 4 rings (SSSR count). The molecule has 0 aliphatic rings. The summed E-state index contributed by atoms with van der Waals surface area (Å²) in [5, 5.41) is 11.6. The van der Waals surface area contributed by atoms with Gasteiger partial charge in [-0.15, -0.1) is 17.5 Å². The average Bonchev–Trinajstić information content (AvgIpc) is 3.59. The van der Waals surface area contributed by atoms with E-state index in [2.05, 4.69) is 89.3 Å². The lowest BCUT2D eigenvalue weighted by Crippen LogP contribution is -2.27. The zero-order valence-electron chi connectivity index (χ0n) is 26.9. The number of carbonyl (C=O) groups excluding carboxylic acids is 1. The molecule has 0 aliphatic carbocycles. The van der Waals surface area contributed by atoms with Gasteiger partial charge in [0.25, 0.3) is 5.91 Å². The van der Waals surface area contributed by atoms with E-state index in [1.54, 1.807) is 0 Å². The molecule has 0 radical (unpaired) electrons. The first-order valence-corrected chi connectivity index (χ1v) is 15.9. The first-order chi connectivity index (χ1) is 20.7. The van der Waals surface area contributed by atoms with E-state index in [4.69, 9.17) is 5.73 Å². The van der Waals surface area contributed by atoms with Crippen molar-refractivity contribution in [2.45, 2.75) is 104 Å². The summed E-state index contributed by atoms with van der Waals surface area (Å²) in [5.74, 6) is 0.514. The maximum atomic E-state index is 12.5. The summed E-state index contributed by atoms with van der Waals surface area (Å²) >= 11 is 0. The molecule has 238 valence electrons. The van der Waals surface area contributed by atoms with Crippen LogP contribution in [-0.4, -0.2) is 37.0 Å². The van der Waals surface area contributed by atoms with Crippen LogP contribution in [0.15, 0.2) is 60.9 Å². The Bertz CT molecular complexity index is 1420.